The van der Waals surface area contributed by atoms with Gasteiger partial charge in [0.15, 0.2) is 5.96 Å². The minimum absolute atomic E-state index is 0.484. The Kier molecular flexibility index (Phi) is 4.06. The SMILES string of the molecule is CCN=C(N)N[C@H](C)C1CCCC1. The summed E-state index contributed by atoms with van der Waals surface area (Å²) in [6.45, 7) is 4.96. The Hall–Kier alpha value is -0.730. The van der Waals surface area contributed by atoms with E-state index >= 15 is 0 Å². The Morgan fingerprint density at radius 2 is 2.15 bits per heavy atom. The van der Waals surface area contributed by atoms with Crippen LogP contribution in [0.2, 0.25) is 0 Å². The van der Waals surface area contributed by atoms with Gasteiger partial charge in [-0.2, -0.15) is 0 Å². The molecule has 3 nitrogen and oxygen atoms in total. The number of nitrogens with one attached hydrogen (secondary N) is 1. The van der Waals surface area contributed by atoms with Crippen molar-refractivity contribution in [1.82, 2.24) is 5.32 Å². The highest BCUT2D eigenvalue weighted by Gasteiger charge is 2.21. The van der Waals surface area contributed by atoms with E-state index in [-0.39, 0.29) is 0 Å². The molecule has 0 aromatic heterocycles. The molecule has 0 heterocycles. The summed E-state index contributed by atoms with van der Waals surface area (Å²) in [7, 11) is 0. The average Bonchev–Trinajstić information content (AvgIpc) is 2.55. The maximum Gasteiger partial charge on any atom is 0.188 e. The summed E-state index contributed by atoms with van der Waals surface area (Å²) >= 11 is 0. The molecule has 3 heteroatoms. The molecular formula is C10H21N3. The van der Waals surface area contributed by atoms with Crippen LogP contribution in [-0.4, -0.2) is 18.5 Å². The fraction of sp³-hybridized carbons (Fsp3) is 0.900. The predicted octanol–water partition coefficient (Wildman–Crippen LogP) is 1.49. The van der Waals surface area contributed by atoms with Gasteiger partial charge in [0.2, 0.25) is 0 Å². The van der Waals surface area contributed by atoms with Gasteiger partial charge in [-0.25, -0.2) is 0 Å². The number of rotatable bonds is 3. The topological polar surface area (TPSA) is 50.4 Å². The van der Waals surface area contributed by atoms with Crippen LogP contribution in [0.5, 0.6) is 0 Å². The van der Waals surface area contributed by atoms with Crippen molar-refractivity contribution in [2.45, 2.75) is 45.6 Å². The number of hydrogen-bond acceptors (Lipinski definition) is 1. The molecule has 0 spiro atoms. The lowest BCUT2D eigenvalue weighted by molar-refractivity contribution is 0.425. The molecule has 0 amide bonds. The quantitative estimate of drug-likeness (QED) is 0.514. The molecular weight excluding hydrogens is 162 g/mol. The Labute approximate surface area is 80.8 Å². The van der Waals surface area contributed by atoms with E-state index in [0.717, 1.165) is 12.5 Å². The van der Waals surface area contributed by atoms with Crippen molar-refractivity contribution < 1.29 is 0 Å². The first-order valence-corrected chi connectivity index (χ1v) is 5.30. The summed E-state index contributed by atoms with van der Waals surface area (Å²) < 4.78 is 0. The first kappa shape index (κ1) is 10.4. The van der Waals surface area contributed by atoms with Crippen molar-refractivity contribution in [2.24, 2.45) is 16.6 Å². The lowest BCUT2D eigenvalue weighted by atomic mass is 10.0. The van der Waals surface area contributed by atoms with Gasteiger partial charge in [0.1, 0.15) is 0 Å². The molecule has 1 aliphatic carbocycles. The minimum atomic E-state index is 0.484. The van der Waals surface area contributed by atoms with E-state index in [9.17, 15) is 0 Å². The number of guanidine groups is 1. The zero-order chi connectivity index (χ0) is 9.68. The van der Waals surface area contributed by atoms with Gasteiger partial charge in [-0.15, -0.1) is 0 Å². The second-order valence-electron chi connectivity index (χ2n) is 3.84. The van der Waals surface area contributed by atoms with E-state index in [4.69, 9.17) is 5.73 Å². The van der Waals surface area contributed by atoms with E-state index in [1.807, 2.05) is 6.92 Å². The van der Waals surface area contributed by atoms with Gasteiger partial charge in [0, 0.05) is 12.6 Å². The van der Waals surface area contributed by atoms with Crippen LogP contribution < -0.4 is 11.1 Å². The van der Waals surface area contributed by atoms with Gasteiger partial charge in [0.05, 0.1) is 0 Å². The van der Waals surface area contributed by atoms with Crippen LogP contribution in [0.25, 0.3) is 0 Å². The Bertz CT molecular complexity index is 171. The molecule has 0 aromatic carbocycles. The highest BCUT2D eigenvalue weighted by atomic mass is 15.1. The molecule has 1 fully saturated rings. The van der Waals surface area contributed by atoms with Crippen molar-refractivity contribution in [1.29, 1.82) is 0 Å². The average molecular weight is 183 g/mol. The molecule has 0 aliphatic heterocycles. The first-order valence-electron chi connectivity index (χ1n) is 5.30. The van der Waals surface area contributed by atoms with Gasteiger partial charge in [-0.3, -0.25) is 4.99 Å². The van der Waals surface area contributed by atoms with Crippen LogP contribution in [0.3, 0.4) is 0 Å². The molecule has 0 radical (unpaired) electrons. The van der Waals surface area contributed by atoms with E-state index in [1.165, 1.54) is 25.7 Å². The summed E-state index contributed by atoms with van der Waals surface area (Å²) in [4.78, 5) is 4.12. The summed E-state index contributed by atoms with van der Waals surface area (Å²) in [5.41, 5.74) is 5.69. The third-order valence-electron chi connectivity index (χ3n) is 2.81. The summed E-state index contributed by atoms with van der Waals surface area (Å²) in [5.74, 6) is 1.40. The zero-order valence-electron chi connectivity index (χ0n) is 8.71. The number of nitrogens with two attached hydrogens (primary N) is 1. The number of aliphatic imine (C=N–C) groups is 1. The van der Waals surface area contributed by atoms with Crippen molar-refractivity contribution >= 4 is 5.96 Å². The van der Waals surface area contributed by atoms with E-state index in [0.29, 0.717) is 12.0 Å². The van der Waals surface area contributed by atoms with E-state index in [1.54, 1.807) is 0 Å². The highest BCUT2D eigenvalue weighted by molar-refractivity contribution is 5.78. The van der Waals surface area contributed by atoms with Crippen LogP contribution in [-0.2, 0) is 0 Å². The standard InChI is InChI=1S/C10H21N3/c1-3-12-10(11)13-8(2)9-6-4-5-7-9/h8-9H,3-7H2,1-2H3,(H3,11,12,13)/t8-/m1/s1. The van der Waals surface area contributed by atoms with Crippen LogP contribution in [0, 0.1) is 5.92 Å². The van der Waals surface area contributed by atoms with Crippen molar-refractivity contribution in [3.05, 3.63) is 0 Å². The van der Waals surface area contributed by atoms with Crippen LogP contribution in [0.4, 0.5) is 0 Å². The molecule has 0 aromatic rings. The normalized spacial score (nSPS) is 21.8. The molecule has 0 bridgehead atoms. The third-order valence-corrected chi connectivity index (χ3v) is 2.81. The monoisotopic (exact) mass is 183 g/mol. The largest absolute Gasteiger partial charge is 0.370 e. The Morgan fingerprint density at radius 1 is 1.54 bits per heavy atom. The second-order valence-corrected chi connectivity index (χ2v) is 3.84. The molecule has 0 unspecified atom stereocenters. The van der Waals surface area contributed by atoms with Crippen LogP contribution in [0.1, 0.15) is 39.5 Å². The summed E-state index contributed by atoms with van der Waals surface area (Å²) in [5, 5.41) is 3.25. The molecule has 1 atom stereocenters. The number of nitrogens with zero attached hydrogens (tertiary/aromatic N) is 1. The lowest BCUT2D eigenvalue weighted by Gasteiger charge is -2.20. The molecule has 3 N–H and O–H groups in total. The van der Waals surface area contributed by atoms with Gasteiger partial charge >= 0.3 is 0 Å². The second kappa shape index (κ2) is 5.10. The Morgan fingerprint density at radius 3 is 2.69 bits per heavy atom. The molecule has 1 saturated carbocycles. The fourth-order valence-corrected chi connectivity index (χ4v) is 2.02. The summed E-state index contributed by atoms with van der Waals surface area (Å²) in [6, 6.07) is 0.484. The molecule has 1 aliphatic rings. The van der Waals surface area contributed by atoms with E-state index in [2.05, 4.69) is 17.2 Å². The molecule has 13 heavy (non-hydrogen) atoms. The Balaban J connectivity index is 2.30. The van der Waals surface area contributed by atoms with Crippen molar-refractivity contribution in [3.63, 3.8) is 0 Å². The smallest absolute Gasteiger partial charge is 0.188 e. The van der Waals surface area contributed by atoms with Gasteiger partial charge in [-0.05, 0) is 32.6 Å². The van der Waals surface area contributed by atoms with Gasteiger partial charge < -0.3 is 11.1 Å². The zero-order valence-corrected chi connectivity index (χ0v) is 8.71. The molecule has 1 rings (SSSR count). The maximum absolute atomic E-state index is 5.69. The van der Waals surface area contributed by atoms with Crippen molar-refractivity contribution in [2.75, 3.05) is 6.54 Å². The minimum Gasteiger partial charge on any atom is -0.370 e. The lowest BCUT2D eigenvalue weighted by Crippen LogP contribution is -2.41. The van der Waals surface area contributed by atoms with Gasteiger partial charge in [-0.1, -0.05) is 12.8 Å². The highest BCUT2D eigenvalue weighted by Crippen LogP contribution is 2.27. The van der Waals surface area contributed by atoms with E-state index < -0.39 is 0 Å². The third kappa shape index (κ3) is 3.25. The fourth-order valence-electron chi connectivity index (χ4n) is 2.02. The van der Waals surface area contributed by atoms with Gasteiger partial charge in [0.25, 0.3) is 0 Å². The predicted molar refractivity (Wildman–Crippen MR) is 56.7 cm³/mol. The maximum atomic E-state index is 5.69. The van der Waals surface area contributed by atoms with Crippen LogP contribution >= 0.6 is 0 Å². The summed E-state index contributed by atoms with van der Waals surface area (Å²) in [6.07, 6.45) is 5.43. The first-order chi connectivity index (χ1) is 6.24. The number of hydrogen-bond donors (Lipinski definition) is 2. The molecule has 76 valence electrons. The molecule has 0 saturated heterocycles. The van der Waals surface area contributed by atoms with Crippen LogP contribution in [0.15, 0.2) is 4.99 Å². The van der Waals surface area contributed by atoms with Crippen molar-refractivity contribution in [3.8, 4) is 0 Å².